The van der Waals surface area contributed by atoms with Crippen molar-refractivity contribution < 1.29 is 4.74 Å². The Morgan fingerprint density at radius 3 is 2.42 bits per heavy atom. The fraction of sp³-hybridized carbons (Fsp3) is 0.136. The molecule has 0 saturated heterocycles. The molecule has 1 unspecified atom stereocenters. The van der Waals surface area contributed by atoms with Crippen molar-refractivity contribution >= 4 is 16.5 Å². The van der Waals surface area contributed by atoms with Crippen LogP contribution in [0.5, 0.6) is 5.75 Å². The van der Waals surface area contributed by atoms with Crippen LogP contribution in [0.4, 0.5) is 5.69 Å². The fourth-order valence-electron chi connectivity index (χ4n) is 3.54. The first-order valence-corrected chi connectivity index (χ1v) is 8.46. The van der Waals surface area contributed by atoms with E-state index in [1.807, 2.05) is 43.3 Å². The summed E-state index contributed by atoms with van der Waals surface area (Å²) in [6.45, 7) is 0. The number of nitrogens with two attached hydrogens (primary N) is 1. The predicted molar refractivity (Wildman–Crippen MR) is 104 cm³/mol. The molecule has 0 bridgehead atoms. The summed E-state index contributed by atoms with van der Waals surface area (Å²) < 4.78 is 5.78. The molecular weight excluding hydrogens is 322 g/mol. The average Bonchev–Trinajstić information content (AvgIpc) is 2.66. The Balaban J connectivity index is 1.98. The monoisotopic (exact) mass is 341 g/mol. The van der Waals surface area contributed by atoms with Crippen LogP contribution in [0.25, 0.3) is 10.8 Å². The minimum Gasteiger partial charge on any atom is -0.440 e. The van der Waals surface area contributed by atoms with Gasteiger partial charge in [0.05, 0.1) is 5.92 Å². The van der Waals surface area contributed by atoms with Crippen molar-refractivity contribution in [1.82, 2.24) is 0 Å². The maximum atomic E-state index is 9.76. The number of hydrogen-bond donors (Lipinski definition) is 1. The summed E-state index contributed by atoms with van der Waals surface area (Å²) in [5, 5.41) is 11.9. The van der Waals surface area contributed by atoms with E-state index in [1.165, 1.54) is 0 Å². The summed E-state index contributed by atoms with van der Waals surface area (Å²) >= 11 is 0. The van der Waals surface area contributed by atoms with Crippen LogP contribution < -0.4 is 15.4 Å². The van der Waals surface area contributed by atoms with Crippen molar-refractivity contribution in [3.63, 3.8) is 0 Å². The molecule has 0 aromatic heterocycles. The van der Waals surface area contributed by atoms with E-state index in [-0.39, 0.29) is 11.8 Å². The molecule has 0 aliphatic carbocycles. The van der Waals surface area contributed by atoms with Crippen molar-refractivity contribution in [2.75, 3.05) is 19.0 Å². The minimum atomic E-state index is -0.244. The first kappa shape index (κ1) is 16.0. The van der Waals surface area contributed by atoms with Crippen molar-refractivity contribution in [3.8, 4) is 11.8 Å². The number of allylic oxidation sites excluding steroid dienone is 1. The third kappa shape index (κ3) is 2.46. The van der Waals surface area contributed by atoms with Crippen LogP contribution in [-0.4, -0.2) is 14.1 Å². The van der Waals surface area contributed by atoms with Gasteiger partial charge in [0, 0.05) is 25.3 Å². The molecule has 1 heterocycles. The van der Waals surface area contributed by atoms with Crippen LogP contribution in [0.1, 0.15) is 17.0 Å². The summed E-state index contributed by atoms with van der Waals surface area (Å²) in [4.78, 5) is 2.05. The summed E-state index contributed by atoms with van der Waals surface area (Å²) in [5.41, 5.74) is 9.65. The van der Waals surface area contributed by atoms with Crippen LogP contribution in [0.15, 0.2) is 72.1 Å². The zero-order chi connectivity index (χ0) is 18.3. The molecule has 3 aromatic rings. The topological polar surface area (TPSA) is 62.3 Å². The summed E-state index contributed by atoms with van der Waals surface area (Å²) in [7, 11) is 4.01. The number of ether oxygens (including phenoxy) is 1. The zero-order valence-electron chi connectivity index (χ0n) is 14.7. The van der Waals surface area contributed by atoms with E-state index in [9.17, 15) is 5.26 Å². The largest absolute Gasteiger partial charge is 0.440 e. The quantitative estimate of drug-likeness (QED) is 0.761. The molecule has 0 amide bonds. The normalized spacial score (nSPS) is 16.0. The van der Waals surface area contributed by atoms with Crippen molar-refractivity contribution in [3.05, 3.63) is 83.2 Å². The van der Waals surface area contributed by atoms with Crippen LogP contribution >= 0.6 is 0 Å². The van der Waals surface area contributed by atoms with E-state index < -0.39 is 0 Å². The minimum absolute atomic E-state index is 0.178. The second-order valence-corrected chi connectivity index (χ2v) is 6.61. The lowest BCUT2D eigenvalue weighted by Gasteiger charge is -2.28. The second-order valence-electron chi connectivity index (χ2n) is 6.61. The Morgan fingerprint density at radius 2 is 1.73 bits per heavy atom. The molecule has 1 atom stereocenters. The molecule has 4 nitrogen and oxygen atoms in total. The van der Waals surface area contributed by atoms with Crippen molar-refractivity contribution in [2.45, 2.75) is 5.92 Å². The fourth-order valence-corrected chi connectivity index (χ4v) is 3.54. The number of anilines is 1. The molecule has 2 N–H and O–H groups in total. The first-order valence-electron chi connectivity index (χ1n) is 8.46. The number of hydrogen-bond acceptors (Lipinski definition) is 4. The van der Waals surface area contributed by atoms with E-state index >= 15 is 0 Å². The molecule has 0 spiro atoms. The van der Waals surface area contributed by atoms with Gasteiger partial charge in [0.1, 0.15) is 17.4 Å². The van der Waals surface area contributed by atoms with Gasteiger partial charge >= 0.3 is 0 Å². The smallest absolute Gasteiger partial charge is 0.205 e. The molecule has 26 heavy (non-hydrogen) atoms. The average molecular weight is 341 g/mol. The Bertz CT molecular complexity index is 1060. The molecule has 1 aliphatic rings. The Kier molecular flexibility index (Phi) is 3.78. The van der Waals surface area contributed by atoms with E-state index in [0.717, 1.165) is 27.6 Å². The van der Waals surface area contributed by atoms with Gasteiger partial charge in [0.25, 0.3) is 0 Å². The number of benzene rings is 3. The molecule has 4 heteroatoms. The Hall–Kier alpha value is -3.45. The lowest BCUT2D eigenvalue weighted by molar-refractivity contribution is 0.395. The Morgan fingerprint density at radius 1 is 1.00 bits per heavy atom. The third-order valence-corrected chi connectivity index (χ3v) is 4.86. The molecule has 1 aliphatic heterocycles. The number of nitrogens with zero attached hydrogens (tertiary/aromatic N) is 2. The van der Waals surface area contributed by atoms with Gasteiger partial charge in [-0.2, -0.15) is 5.26 Å². The zero-order valence-corrected chi connectivity index (χ0v) is 14.7. The van der Waals surface area contributed by atoms with Crippen LogP contribution in [-0.2, 0) is 0 Å². The predicted octanol–water partition coefficient (Wildman–Crippen LogP) is 4.12. The van der Waals surface area contributed by atoms with E-state index in [1.54, 1.807) is 0 Å². The van der Waals surface area contributed by atoms with Gasteiger partial charge in [-0.1, -0.05) is 42.5 Å². The molecular formula is C22H19N3O. The van der Waals surface area contributed by atoms with Gasteiger partial charge in [-0.15, -0.1) is 0 Å². The van der Waals surface area contributed by atoms with Crippen molar-refractivity contribution in [1.29, 1.82) is 5.26 Å². The molecule has 3 aromatic carbocycles. The maximum Gasteiger partial charge on any atom is 0.205 e. The highest BCUT2D eigenvalue weighted by atomic mass is 16.5. The van der Waals surface area contributed by atoms with Crippen LogP contribution in [0, 0.1) is 11.3 Å². The van der Waals surface area contributed by atoms with Gasteiger partial charge in [-0.25, -0.2) is 0 Å². The Labute approximate surface area is 152 Å². The molecule has 0 fully saturated rings. The molecule has 0 radical (unpaired) electrons. The lowest BCUT2D eigenvalue weighted by Crippen LogP contribution is -2.21. The molecule has 128 valence electrons. The van der Waals surface area contributed by atoms with Gasteiger partial charge in [-0.3, -0.25) is 0 Å². The van der Waals surface area contributed by atoms with Gasteiger partial charge < -0.3 is 15.4 Å². The number of rotatable bonds is 2. The third-order valence-electron chi connectivity index (χ3n) is 4.86. The van der Waals surface area contributed by atoms with Crippen molar-refractivity contribution in [2.24, 2.45) is 5.73 Å². The van der Waals surface area contributed by atoms with E-state index in [2.05, 4.69) is 42.5 Å². The van der Waals surface area contributed by atoms with Gasteiger partial charge in [0.15, 0.2) is 0 Å². The first-order chi connectivity index (χ1) is 12.6. The highest BCUT2D eigenvalue weighted by molar-refractivity contribution is 5.90. The summed E-state index contributed by atoms with van der Waals surface area (Å²) in [5.74, 6) is 0.643. The van der Waals surface area contributed by atoms with E-state index in [4.69, 9.17) is 10.5 Å². The van der Waals surface area contributed by atoms with Gasteiger partial charge in [0.2, 0.25) is 5.88 Å². The number of nitriles is 1. The van der Waals surface area contributed by atoms with Crippen LogP contribution in [0.2, 0.25) is 0 Å². The summed E-state index contributed by atoms with van der Waals surface area (Å²) in [6.07, 6.45) is 0. The molecule has 0 saturated carbocycles. The lowest BCUT2D eigenvalue weighted by atomic mass is 9.81. The van der Waals surface area contributed by atoms with E-state index in [0.29, 0.717) is 11.3 Å². The second kappa shape index (κ2) is 6.12. The van der Waals surface area contributed by atoms with Crippen LogP contribution in [0.3, 0.4) is 0 Å². The SMILES string of the molecule is CN(C)c1ccc(C2C(C#N)=C(N)Oc3ccc4ccccc4c32)cc1. The summed E-state index contributed by atoms with van der Waals surface area (Å²) in [6, 6.07) is 22.6. The number of fused-ring (bicyclic) bond motifs is 3. The standard InChI is InChI=1S/C22H19N3O/c1-25(2)16-10-7-15(8-11-16)20-18(13-23)22(24)26-19-12-9-14-5-3-4-6-17(14)21(19)20/h3-12,20H,24H2,1-2H3. The maximum absolute atomic E-state index is 9.76. The highest BCUT2D eigenvalue weighted by Gasteiger charge is 2.32. The highest BCUT2D eigenvalue weighted by Crippen LogP contribution is 2.45. The molecule has 4 rings (SSSR count). The van der Waals surface area contributed by atoms with Gasteiger partial charge in [-0.05, 0) is 34.5 Å².